The maximum atomic E-state index is 12.0. The third-order valence-electron chi connectivity index (χ3n) is 7.03. The summed E-state index contributed by atoms with van der Waals surface area (Å²) in [5.74, 6) is 0.420. The molecular weight excluding hydrogens is 846 g/mol. The van der Waals surface area contributed by atoms with Crippen molar-refractivity contribution in [2.24, 2.45) is 0 Å². The van der Waals surface area contributed by atoms with Gasteiger partial charge in [-0.1, -0.05) is 41.9 Å². The molecule has 0 saturated carbocycles. The molecule has 2 amide bonds. The fourth-order valence-electron chi connectivity index (χ4n) is 4.72. The molecule has 1 aliphatic heterocycles. The number of aromatic nitrogens is 4. The highest BCUT2D eigenvalue weighted by Crippen LogP contribution is 2.66. The summed E-state index contributed by atoms with van der Waals surface area (Å²) >= 11 is 2.01. The Morgan fingerprint density at radius 1 is 0.840 bits per heavy atom. The van der Waals surface area contributed by atoms with Crippen molar-refractivity contribution in [3.05, 3.63) is 12.7 Å². The second kappa shape index (κ2) is 20.0. The minimum atomic E-state index is -5.75. The first-order valence-electron chi connectivity index (χ1n) is 15.3. The average molecular weight is 887 g/mol. The Morgan fingerprint density at radius 2 is 1.48 bits per heavy atom. The van der Waals surface area contributed by atoms with Crippen LogP contribution in [0.3, 0.4) is 0 Å². The Balaban J connectivity index is 1.39. The van der Waals surface area contributed by atoms with Gasteiger partial charge in [0.15, 0.2) is 23.2 Å². The lowest BCUT2D eigenvalue weighted by atomic mass is 10.1. The SMILES string of the molecule is O=C(CI)NCCCCCC(=O)NCCCCCCNc1ncnc2c1ncn2[C@@H]1O[C@H](COP(=O)(O)OP(=O)(O)OP(=O)(O)O)[C@@H](O)[C@H]1O. The molecule has 1 fully saturated rings. The number of imidazole rings is 1. The number of amides is 2. The molecule has 3 rings (SSSR count). The van der Waals surface area contributed by atoms with Gasteiger partial charge in [0.2, 0.25) is 11.8 Å². The van der Waals surface area contributed by atoms with Crippen molar-refractivity contribution in [2.45, 2.75) is 75.9 Å². The smallest absolute Gasteiger partial charge is 0.387 e. The van der Waals surface area contributed by atoms with Crippen LogP contribution in [0, 0.1) is 0 Å². The summed E-state index contributed by atoms with van der Waals surface area (Å²) in [7, 11) is -16.8. The van der Waals surface area contributed by atoms with E-state index in [0.717, 1.165) is 44.9 Å². The lowest BCUT2D eigenvalue weighted by Gasteiger charge is -2.19. The number of phosphoric acid groups is 3. The molecule has 22 nitrogen and oxygen atoms in total. The molecule has 0 spiro atoms. The van der Waals surface area contributed by atoms with Gasteiger partial charge in [0.25, 0.3) is 0 Å². The molecule has 50 heavy (non-hydrogen) atoms. The Hall–Kier alpha value is -1.69. The molecule has 1 aliphatic rings. The molecule has 9 N–H and O–H groups in total. The molecule has 3 heterocycles. The Labute approximate surface area is 299 Å². The number of aliphatic hydroxyl groups is 2. The van der Waals surface area contributed by atoms with Crippen LogP contribution in [-0.4, -0.2) is 110 Å². The molecule has 0 bridgehead atoms. The highest BCUT2D eigenvalue weighted by molar-refractivity contribution is 14.1. The van der Waals surface area contributed by atoms with Gasteiger partial charge in [-0.2, -0.15) is 8.62 Å². The van der Waals surface area contributed by atoms with E-state index >= 15 is 0 Å². The standard InChI is InChI=1S/C24H41IN7O15P3/c25-12-18(34)27-10-7-3-4-8-17(33)26-9-5-1-2-6-11-28-22-19-23(30-14-29-22)32(15-31-19)24-21(36)20(35)16(45-24)13-44-49(40,41)47-50(42,43)46-48(37,38)39/h14-16,20-21,24,35-36H,1-13H2,(H,26,33)(H,27,34)(H,40,41)(H,42,43)(H,28,29,30)(H2,37,38,39)/t16-,20-,21-,24-/m1/s1. The van der Waals surface area contributed by atoms with Crippen LogP contribution in [0.2, 0.25) is 0 Å². The molecule has 0 aliphatic carbocycles. The van der Waals surface area contributed by atoms with E-state index < -0.39 is 54.6 Å². The third-order valence-corrected chi connectivity index (χ3v) is 11.5. The van der Waals surface area contributed by atoms with E-state index in [-0.39, 0.29) is 17.5 Å². The fraction of sp³-hybridized carbons (Fsp3) is 0.708. The summed E-state index contributed by atoms with van der Waals surface area (Å²) in [6.07, 6.45) is 2.74. The predicted molar refractivity (Wildman–Crippen MR) is 181 cm³/mol. The van der Waals surface area contributed by atoms with E-state index in [1.54, 1.807) is 0 Å². The van der Waals surface area contributed by atoms with Crippen molar-refractivity contribution < 1.29 is 71.0 Å². The Bertz CT molecular complexity index is 1570. The van der Waals surface area contributed by atoms with Crippen molar-refractivity contribution in [2.75, 3.05) is 36.0 Å². The number of phosphoric ester groups is 1. The minimum absolute atomic E-state index is 0.0129. The van der Waals surface area contributed by atoms with E-state index in [2.05, 4.69) is 44.0 Å². The van der Waals surface area contributed by atoms with Crippen molar-refractivity contribution in [1.29, 1.82) is 0 Å². The number of halogens is 1. The zero-order chi connectivity index (χ0) is 37.0. The number of rotatable bonds is 23. The van der Waals surface area contributed by atoms with Crippen molar-refractivity contribution >= 4 is 74.9 Å². The van der Waals surface area contributed by atoms with Gasteiger partial charge in [0, 0.05) is 26.1 Å². The second-order valence-corrected chi connectivity index (χ2v) is 16.1. The summed E-state index contributed by atoms with van der Waals surface area (Å²) in [5, 5.41) is 30.0. The molecule has 2 aromatic heterocycles. The van der Waals surface area contributed by atoms with Gasteiger partial charge in [0.05, 0.1) is 17.4 Å². The van der Waals surface area contributed by atoms with Crippen LogP contribution in [0.1, 0.15) is 57.6 Å². The van der Waals surface area contributed by atoms with E-state index in [4.69, 9.17) is 14.5 Å². The number of alkyl halides is 1. The molecule has 2 unspecified atom stereocenters. The van der Waals surface area contributed by atoms with E-state index in [1.807, 2.05) is 22.6 Å². The number of hydrogen-bond acceptors (Lipinski definition) is 15. The van der Waals surface area contributed by atoms with Crippen LogP contribution in [0.15, 0.2) is 12.7 Å². The number of aliphatic hydroxyl groups excluding tert-OH is 2. The molecule has 6 atom stereocenters. The number of anilines is 1. The number of nitrogens with one attached hydrogen (secondary N) is 3. The number of carbonyl (C=O) groups is 2. The summed E-state index contributed by atoms with van der Waals surface area (Å²) in [5.41, 5.74) is 0.536. The monoisotopic (exact) mass is 887 g/mol. The summed E-state index contributed by atoms with van der Waals surface area (Å²) in [4.78, 5) is 72.1. The molecule has 2 aromatic rings. The predicted octanol–water partition coefficient (Wildman–Crippen LogP) is 0.989. The summed E-state index contributed by atoms with van der Waals surface area (Å²) in [6, 6.07) is 0. The van der Waals surface area contributed by atoms with Gasteiger partial charge < -0.3 is 50.5 Å². The highest BCUT2D eigenvalue weighted by atomic mass is 127. The highest BCUT2D eigenvalue weighted by Gasteiger charge is 2.47. The van der Waals surface area contributed by atoms with Crippen molar-refractivity contribution in [3.63, 3.8) is 0 Å². The van der Waals surface area contributed by atoms with E-state index in [1.165, 1.54) is 17.2 Å². The Morgan fingerprint density at radius 3 is 2.14 bits per heavy atom. The van der Waals surface area contributed by atoms with Crippen molar-refractivity contribution in [1.82, 2.24) is 30.2 Å². The average Bonchev–Trinajstić information content (AvgIpc) is 3.57. The number of nitrogens with zero attached hydrogens (tertiary/aromatic N) is 4. The number of unbranched alkanes of at least 4 members (excludes halogenated alkanes) is 5. The summed E-state index contributed by atoms with van der Waals surface area (Å²) < 4.78 is 53.5. The number of ether oxygens (including phenoxy) is 1. The fourth-order valence-corrected chi connectivity index (χ4v) is 8.02. The third kappa shape index (κ3) is 14.4. The van der Waals surface area contributed by atoms with Crippen LogP contribution in [0.4, 0.5) is 5.82 Å². The van der Waals surface area contributed by atoms with Gasteiger partial charge in [-0.3, -0.25) is 18.7 Å². The number of carbonyl (C=O) groups excluding carboxylic acids is 2. The molecule has 0 aromatic carbocycles. The molecular formula is C24H41IN7O15P3. The van der Waals surface area contributed by atoms with Crippen molar-refractivity contribution in [3.8, 4) is 0 Å². The van der Waals surface area contributed by atoms with Gasteiger partial charge in [-0.05, 0) is 25.7 Å². The zero-order valence-electron chi connectivity index (χ0n) is 26.5. The largest absolute Gasteiger partial charge is 0.490 e. The van der Waals surface area contributed by atoms with Gasteiger partial charge in [-0.15, -0.1) is 0 Å². The first-order chi connectivity index (χ1) is 23.5. The van der Waals surface area contributed by atoms with Crippen LogP contribution in [-0.2, 0) is 41.2 Å². The van der Waals surface area contributed by atoms with Crippen LogP contribution < -0.4 is 16.0 Å². The van der Waals surface area contributed by atoms with Gasteiger partial charge >= 0.3 is 23.5 Å². The number of fused-ring (bicyclic) bond motifs is 1. The Kier molecular flexibility index (Phi) is 17.0. The topological polar surface area (TPSA) is 323 Å². The van der Waals surface area contributed by atoms with Crippen LogP contribution >= 0.6 is 46.1 Å². The lowest BCUT2D eigenvalue weighted by molar-refractivity contribution is -0.121. The molecule has 0 radical (unpaired) electrons. The quantitative estimate of drug-likeness (QED) is 0.0325. The summed E-state index contributed by atoms with van der Waals surface area (Å²) in [6.45, 7) is 0.788. The number of hydrogen-bond donors (Lipinski definition) is 9. The second-order valence-electron chi connectivity index (χ2n) is 11.0. The van der Waals surface area contributed by atoms with Gasteiger partial charge in [0.1, 0.15) is 24.6 Å². The van der Waals surface area contributed by atoms with Crippen LogP contribution in [0.25, 0.3) is 11.2 Å². The molecule has 26 heteroatoms. The lowest BCUT2D eigenvalue weighted by Crippen LogP contribution is -2.33. The van der Waals surface area contributed by atoms with Crippen LogP contribution in [0.5, 0.6) is 0 Å². The molecule has 284 valence electrons. The minimum Gasteiger partial charge on any atom is -0.387 e. The molecule has 1 saturated heterocycles. The normalized spacial score (nSPS) is 21.8. The first kappa shape index (κ1) is 42.7. The van der Waals surface area contributed by atoms with E-state index in [9.17, 15) is 43.3 Å². The maximum Gasteiger partial charge on any atom is 0.490 e. The van der Waals surface area contributed by atoms with Gasteiger partial charge in [-0.25, -0.2) is 28.6 Å². The zero-order valence-corrected chi connectivity index (χ0v) is 31.4. The maximum absolute atomic E-state index is 12.0. The first-order valence-corrected chi connectivity index (χ1v) is 21.4. The van der Waals surface area contributed by atoms with E-state index in [0.29, 0.717) is 41.8 Å².